The number of para-hydroxylation sites is 1. The highest BCUT2D eigenvalue weighted by Gasteiger charge is 2.32. The molecule has 2 heterocycles. The Kier molecular flexibility index (Phi) is 6.05. The van der Waals surface area contributed by atoms with Crippen LogP contribution in [0, 0.1) is 5.92 Å². The number of hydrogen-bond acceptors (Lipinski definition) is 4. The van der Waals surface area contributed by atoms with Gasteiger partial charge in [-0.15, -0.1) is 0 Å². The van der Waals surface area contributed by atoms with Gasteiger partial charge in [0.25, 0.3) is 0 Å². The molecule has 1 amide bonds. The van der Waals surface area contributed by atoms with E-state index in [4.69, 9.17) is 0 Å². The molecule has 1 saturated heterocycles. The van der Waals surface area contributed by atoms with Gasteiger partial charge in [0.05, 0.1) is 16.1 Å². The number of amides is 1. The zero-order valence-corrected chi connectivity index (χ0v) is 19.5. The number of benzene rings is 2. The van der Waals surface area contributed by atoms with E-state index in [1.165, 1.54) is 4.31 Å². The van der Waals surface area contributed by atoms with Crippen molar-refractivity contribution in [1.82, 2.24) is 9.29 Å². The zero-order chi connectivity index (χ0) is 22.9. The van der Waals surface area contributed by atoms with E-state index in [9.17, 15) is 13.2 Å². The Bertz CT molecular complexity index is 1220. The van der Waals surface area contributed by atoms with Crippen LogP contribution in [0.3, 0.4) is 0 Å². The normalized spacial score (nSPS) is 16.2. The van der Waals surface area contributed by atoms with E-state index in [0.717, 1.165) is 16.5 Å². The molecule has 0 spiro atoms. The van der Waals surface area contributed by atoms with Crippen LogP contribution >= 0.6 is 0 Å². The second kappa shape index (κ2) is 8.64. The van der Waals surface area contributed by atoms with Crippen molar-refractivity contribution in [3.05, 3.63) is 66.4 Å². The van der Waals surface area contributed by atoms with Crippen LogP contribution in [0.2, 0.25) is 0 Å². The van der Waals surface area contributed by atoms with Crippen molar-refractivity contribution >= 4 is 32.5 Å². The van der Waals surface area contributed by atoms with Gasteiger partial charge in [0, 0.05) is 30.6 Å². The third-order valence-electron chi connectivity index (χ3n) is 6.07. The Labute approximate surface area is 189 Å². The third-order valence-corrected chi connectivity index (χ3v) is 7.99. The summed E-state index contributed by atoms with van der Waals surface area (Å²) in [6.45, 7) is 6.95. The summed E-state index contributed by atoms with van der Waals surface area (Å²) in [5.41, 5.74) is 2.49. The molecule has 0 radical (unpaired) electrons. The summed E-state index contributed by atoms with van der Waals surface area (Å²) < 4.78 is 27.6. The molecule has 0 saturated carbocycles. The summed E-state index contributed by atoms with van der Waals surface area (Å²) in [4.78, 5) is 17.5. The first-order chi connectivity index (χ1) is 15.2. The van der Waals surface area contributed by atoms with Crippen molar-refractivity contribution in [3.63, 3.8) is 0 Å². The molecule has 1 aromatic heterocycles. The highest BCUT2D eigenvalue weighted by molar-refractivity contribution is 7.89. The zero-order valence-electron chi connectivity index (χ0n) is 18.7. The molecule has 1 aliphatic rings. The summed E-state index contributed by atoms with van der Waals surface area (Å²) in [5, 5.41) is 3.95. The lowest BCUT2D eigenvalue weighted by molar-refractivity contribution is -0.120. The first kappa shape index (κ1) is 22.4. The van der Waals surface area contributed by atoms with E-state index in [1.54, 1.807) is 18.3 Å². The van der Waals surface area contributed by atoms with E-state index in [2.05, 4.69) is 31.1 Å². The maximum atomic E-state index is 13.1. The molecule has 0 bridgehead atoms. The molecule has 0 aliphatic carbocycles. The Balaban J connectivity index is 1.41. The second-order valence-electron chi connectivity index (χ2n) is 9.32. The number of hydrogen-bond donors (Lipinski definition) is 1. The molecule has 32 heavy (non-hydrogen) atoms. The first-order valence-corrected chi connectivity index (χ1v) is 12.4. The molecule has 3 aromatic rings. The Morgan fingerprint density at radius 2 is 1.66 bits per heavy atom. The predicted octanol–water partition coefficient (Wildman–Crippen LogP) is 4.57. The molecule has 1 aliphatic heterocycles. The molecule has 168 valence electrons. The number of carbonyl (C=O) groups excluding carboxylic acids is 1. The van der Waals surface area contributed by atoms with Crippen LogP contribution in [0.5, 0.6) is 0 Å². The van der Waals surface area contributed by atoms with Gasteiger partial charge in [-0.3, -0.25) is 9.78 Å². The minimum absolute atomic E-state index is 0.0341. The standard InChI is InChI=1S/C25H29N3O3S/c1-25(2,3)20-9-11-21(12-10-20)32(30,31)28-16-13-19(14-17-28)24(29)27-22-8-4-6-18-7-5-15-26-23(18)22/h4-12,15,19H,13-14,16-17H2,1-3H3,(H,27,29). The van der Waals surface area contributed by atoms with Gasteiger partial charge in [-0.05, 0) is 48.1 Å². The van der Waals surface area contributed by atoms with Crippen molar-refractivity contribution in [2.75, 3.05) is 18.4 Å². The van der Waals surface area contributed by atoms with Crippen LogP contribution in [0.25, 0.3) is 10.9 Å². The van der Waals surface area contributed by atoms with E-state index in [1.807, 2.05) is 42.5 Å². The number of pyridine rings is 1. The number of anilines is 1. The van der Waals surface area contributed by atoms with Gasteiger partial charge in [0.15, 0.2) is 0 Å². The monoisotopic (exact) mass is 451 g/mol. The highest BCUT2D eigenvalue weighted by atomic mass is 32.2. The third kappa shape index (κ3) is 4.54. The molecule has 6 nitrogen and oxygen atoms in total. The summed E-state index contributed by atoms with van der Waals surface area (Å²) in [6, 6.07) is 16.6. The largest absolute Gasteiger partial charge is 0.324 e. The summed E-state index contributed by atoms with van der Waals surface area (Å²) in [7, 11) is -3.57. The molecule has 0 atom stereocenters. The predicted molar refractivity (Wildman–Crippen MR) is 127 cm³/mol. The maximum absolute atomic E-state index is 13.1. The maximum Gasteiger partial charge on any atom is 0.243 e. The number of carbonyl (C=O) groups is 1. The van der Waals surface area contributed by atoms with Crippen molar-refractivity contribution in [1.29, 1.82) is 0 Å². The van der Waals surface area contributed by atoms with Gasteiger partial charge in [-0.1, -0.05) is 51.1 Å². The minimum atomic E-state index is -3.57. The average Bonchev–Trinajstić information content (AvgIpc) is 2.79. The van der Waals surface area contributed by atoms with Gasteiger partial charge in [-0.2, -0.15) is 4.31 Å². The number of rotatable bonds is 4. The number of fused-ring (bicyclic) bond motifs is 1. The summed E-state index contributed by atoms with van der Waals surface area (Å²) in [5.74, 6) is -0.321. The quantitative estimate of drug-likeness (QED) is 0.630. The molecule has 7 heteroatoms. The lowest BCUT2D eigenvalue weighted by atomic mass is 9.87. The lowest BCUT2D eigenvalue weighted by Crippen LogP contribution is -2.41. The Morgan fingerprint density at radius 1 is 1.00 bits per heavy atom. The fourth-order valence-electron chi connectivity index (χ4n) is 4.07. The minimum Gasteiger partial charge on any atom is -0.324 e. The van der Waals surface area contributed by atoms with Gasteiger partial charge in [0.2, 0.25) is 15.9 Å². The first-order valence-electron chi connectivity index (χ1n) is 10.9. The Hall–Kier alpha value is -2.77. The fourth-order valence-corrected chi connectivity index (χ4v) is 5.54. The van der Waals surface area contributed by atoms with Crippen LogP contribution in [0.15, 0.2) is 65.7 Å². The van der Waals surface area contributed by atoms with Crippen molar-refractivity contribution in [3.8, 4) is 0 Å². The number of piperidine rings is 1. The summed E-state index contributed by atoms with van der Waals surface area (Å²) in [6.07, 6.45) is 2.68. The molecular formula is C25H29N3O3S. The Morgan fingerprint density at radius 3 is 2.31 bits per heavy atom. The fraction of sp³-hybridized carbons (Fsp3) is 0.360. The second-order valence-corrected chi connectivity index (χ2v) is 11.3. The van der Waals surface area contributed by atoms with Crippen LogP contribution in [0.1, 0.15) is 39.2 Å². The van der Waals surface area contributed by atoms with Gasteiger partial charge >= 0.3 is 0 Å². The van der Waals surface area contributed by atoms with Crippen molar-refractivity contribution < 1.29 is 13.2 Å². The lowest BCUT2D eigenvalue weighted by Gasteiger charge is -2.30. The van der Waals surface area contributed by atoms with Gasteiger partial charge in [0.1, 0.15) is 0 Å². The summed E-state index contributed by atoms with van der Waals surface area (Å²) >= 11 is 0. The topological polar surface area (TPSA) is 79.4 Å². The molecule has 1 N–H and O–H groups in total. The number of nitrogens with zero attached hydrogens (tertiary/aromatic N) is 2. The van der Waals surface area contributed by atoms with E-state index in [0.29, 0.717) is 36.5 Å². The number of sulfonamides is 1. The molecule has 2 aromatic carbocycles. The van der Waals surface area contributed by atoms with E-state index < -0.39 is 10.0 Å². The number of aromatic nitrogens is 1. The van der Waals surface area contributed by atoms with Crippen LogP contribution in [-0.2, 0) is 20.2 Å². The average molecular weight is 452 g/mol. The number of nitrogens with one attached hydrogen (secondary N) is 1. The van der Waals surface area contributed by atoms with Crippen LogP contribution in [-0.4, -0.2) is 36.7 Å². The van der Waals surface area contributed by atoms with Gasteiger partial charge < -0.3 is 5.32 Å². The van der Waals surface area contributed by atoms with E-state index in [-0.39, 0.29) is 17.2 Å². The molecule has 0 unspecified atom stereocenters. The molecule has 1 fully saturated rings. The molecular weight excluding hydrogens is 422 g/mol. The van der Waals surface area contributed by atoms with Crippen LogP contribution < -0.4 is 5.32 Å². The molecule has 4 rings (SSSR count). The van der Waals surface area contributed by atoms with Crippen LogP contribution in [0.4, 0.5) is 5.69 Å². The van der Waals surface area contributed by atoms with Crippen molar-refractivity contribution in [2.24, 2.45) is 5.92 Å². The SMILES string of the molecule is CC(C)(C)c1ccc(S(=O)(=O)N2CCC(C(=O)Nc3cccc4cccnc34)CC2)cc1. The van der Waals surface area contributed by atoms with Gasteiger partial charge in [-0.25, -0.2) is 8.42 Å². The smallest absolute Gasteiger partial charge is 0.243 e. The van der Waals surface area contributed by atoms with Crippen molar-refractivity contribution in [2.45, 2.75) is 43.9 Å². The van der Waals surface area contributed by atoms with E-state index >= 15 is 0 Å². The highest BCUT2D eigenvalue weighted by Crippen LogP contribution is 2.28.